The molecule has 0 saturated heterocycles. The molecule has 1 aromatic heterocycles. The maximum absolute atomic E-state index is 13.5. The highest BCUT2D eigenvalue weighted by Crippen LogP contribution is 2.26. The number of benzene rings is 1. The Morgan fingerprint density at radius 1 is 1.40 bits per heavy atom. The van der Waals surface area contributed by atoms with Crippen molar-refractivity contribution in [2.75, 3.05) is 0 Å². The number of nitrogens with zero attached hydrogens (tertiary/aromatic N) is 2. The fourth-order valence-electron chi connectivity index (χ4n) is 1.91. The molecule has 0 atom stereocenters. The first-order chi connectivity index (χ1) is 7.00. The number of imidazole rings is 1. The van der Waals surface area contributed by atoms with Crippen molar-refractivity contribution >= 4 is 11.0 Å². The first-order valence-corrected chi connectivity index (χ1v) is 4.87. The summed E-state index contributed by atoms with van der Waals surface area (Å²) in [6.45, 7) is 5.82. The summed E-state index contributed by atoms with van der Waals surface area (Å²) in [5.41, 5.74) is 0.957. The summed E-state index contributed by atoms with van der Waals surface area (Å²) in [6, 6.07) is 2.81. The van der Waals surface area contributed by atoms with Crippen molar-refractivity contribution in [3.8, 4) is 5.75 Å². The van der Waals surface area contributed by atoms with Gasteiger partial charge in [0.2, 0.25) is 0 Å². The molecule has 0 aliphatic carbocycles. The number of phenolic OH excluding ortho intramolecular Hbond substituents is 1. The highest BCUT2D eigenvalue weighted by Gasteiger charge is 2.14. The van der Waals surface area contributed by atoms with Crippen LogP contribution in [0.25, 0.3) is 11.0 Å². The van der Waals surface area contributed by atoms with E-state index in [0.29, 0.717) is 11.0 Å². The predicted octanol–water partition coefficient (Wildman–Crippen LogP) is 2.77. The van der Waals surface area contributed by atoms with Crippen molar-refractivity contribution in [2.24, 2.45) is 0 Å². The molecule has 1 aromatic carbocycles. The zero-order chi connectivity index (χ0) is 11.2. The molecule has 2 aromatic rings. The number of fused-ring (bicyclic) bond motifs is 1. The van der Waals surface area contributed by atoms with Crippen molar-refractivity contribution in [3.63, 3.8) is 0 Å². The molecule has 0 spiro atoms. The van der Waals surface area contributed by atoms with Crippen LogP contribution in [0.5, 0.6) is 5.75 Å². The minimum atomic E-state index is -0.479. The first kappa shape index (κ1) is 9.96. The Labute approximate surface area is 87.2 Å². The van der Waals surface area contributed by atoms with E-state index in [4.69, 9.17) is 0 Å². The smallest absolute Gasteiger partial charge is 0.154 e. The van der Waals surface area contributed by atoms with Gasteiger partial charge in [0, 0.05) is 18.2 Å². The largest absolute Gasteiger partial charge is 0.508 e. The number of aromatic nitrogens is 2. The second-order valence-corrected chi connectivity index (χ2v) is 3.92. The molecule has 0 aliphatic heterocycles. The number of hydrogen-bond acceptors (Lipinski definition) is 2. The summed E-state index contributed by atoms with van der Waals surface area (Å²) in [5, 5.41) is 9.35. The molecule has 4 heteroatoms. The molecule has 0 bridgehead atoms. The van der Waals surface area contributed by atoms with Crippen molar-refractivity contribution < 1.29 is 9.50 Å². The molecule has 0 fully saturated rings. The van der Waals surface area contributed by atoms with Crippen LogP contribution in [0.3, 0.4) is 0 Å². The number of phenols is 1. The average molecular weight is 208 g/mol. The van der Waals surface area contributed by atoms with Crippen molar-refractivity contribution in [3.05, 3.63) is 23.8 Å². The molecule has 2 rings (SSSR count). The Balaban J connectivity index is 2.86. The van der Waals surface area contributed by atoms with E-state index >= 15 is 0 Å². The Hall–Kier alpha value is -1.58. The maximum atomic E-state index is 13.5. The fourth-order valence-corrected chi connectivity index (χ4v) is 1.91. The van der Waals surface area contributed by atoms with E-state index in [1.807, 2.05) is 25.3 Å². The zero-order valence-electron chi connectivity index (χ0n) is 8.95. The molecule has 3 nitrogen and oxygen atoms in total. The molecular formula is C11H13FN2O. The standard InChI is InChI=1S/C11H13FN2O/c1-6(2)14-7(3)13-11-9(12)4-8(15)5-10(11)14/h4-6,15H,1-3H3. The molecule has 0 saturated carbocycles. The first-order valence-electron chi connectivity index (χ1n) is 4.87. The van der Waals surface area contributed by atoms with Crippen LogP contribution in [0.1, 0.15) is 25.7 Å². The van der Waals surface area contributed by atoms with Crippen LogP contribution < -0.4 is 0 Å². The molecule has 15 heavy (non-hydrogen) atoms. The van der Waals surface area contributed by atoms with Crippen LogP contribution in [0, 0.1) is 12.7 Å². The second kappa shape index (κ2) is 3.22. The summed E-state index contributed by atoms with van der Waals surface area (Å²) >= 11 is 0. The normalized spacial score (nSPS) is 11.5. The lowest BCUT2D eigenvalue weighted by molar-refractivity contribution is 0.470. The second-order valence-electron chi connectivity index (χ2n) is 3.92. The van der Waals surface area contributed by atoms with Gasteiger partial charge in [0.25, 0.3) is 0 Å². The lowest BCUT2D eigenvalue weighted by Crippen LogP contribution is -2.02. The van der Waals surface area contributed by atoms with E-state index in [9.17, 15) is 9.50 Å². The molecule has 0 amide bonds. The highest BCUT2D eigenvalue weighted by molar-refractivity contribution is 5.78. The summed E-state index contributed by atoms with van der Waals surface area (Å²) in [7, 11) is 0. The Morgan fingerprint density at radius 2 is 2.07 bits per heavy atom. The Bertz CT molecular complexity index is 517. The van der Waals surface area contributed by atoms with Crippen LogP contribution in [0.15, 0.2) is 12.1 Å². The van der Waals surface area contributed by atoms with Gasteiger partial charge in [-0.3, -0.25) is 0 Å². The molecule has 0 unspecified atom stereocenters. The Morgan fingerprint density at radius 3 is 2.67 bits per heavy atom. The van der Waals surface area contributed by atoms with Crippen molar-refractivity contribution in [1.29, 1.82) is 0 Å². The van der Waals surface area contributed by atoms with Gasteiger partial charge in [-0.1, -0.05) is 0 Å². The molecular weight excluding hydrogens is 195 g/mol. The van der Waals surface area contributed by atoms with Gasteiger partial charge in [0.1, 0.15) is 17.1 Å². The van der Waals surface area contributed by atoms with Gasteiger partial charge in [-0.05, 0) is 20.8 Å². The van der Waals surface area contributed by atoms with Gasteiger partial charge < -0.3 is 9.67 Å². The molecule has 0 aliphatic rings. The number of aryl methyl sites for hydroxylation is 1. The van der Waals surface area contributed by atoms with E-state index in [1.165, 1.54) is 0 Å². The van der Waals surface area contributed by atoms with Crippen LogP contribution in [-0.2, 0) is 0 Å². The van der Waals surface area contributed by atoms with E-state index in [0.717, 1.165) is 11.9 Å². The minimum Gasteiger partial charge on any atom is -0.508 e. The fraction of sp³-hybridized carbons (Fsp3) is 0.364. The predicted molar refractivity (Wildman–Crippen MR) is 56.5 cm³/mol. The summed E-state index contributed by atoms with van der Waals surface area (Å²) < 4.78 is 15.4. The monoisotopic (exact) mass is 208 g/mol. The molecule has 1 heterocycles. The summed E-state index contributed by atoms with van der Waals surface area (Å²) in [5.74, 6) is 0.207. The lowest BCUT2D eigenvalue weighted by Gasteiger charge is -2.10. The SMILES string of the molecule is Cc1nc2c(F)cc(O)cc2n1C(C)C. The molecule has 80 valence electrons. The summed E-state index contributed by atoms with van der Waals surface area (Å²) in [4.78, 5) is 4.15. The zero-order valence-corrected chi connectivity index (χ0v) is 8.95. The van der Waals surface area contributed by atoms with E-state index in [2.05, 4.69) is 4.98 Å². The van der Waals surface area contributed by atoms with Gasteiger partial charge >= 0.3 is 0 Å². The summed E-state index contributed by atoms with van der Waals surface area (Å²) in [6.07, 6.45) is 0. The van der Waals surface area contributed by atoms with Gasteiger partial charge in [-0.15, -0.1) is 0 Å². The van der Waals surface area contributed by atoms with Gasteiger partial charge in [0.05, 0.1) is 5.52 Å². The third kappa shape index (κ3) is 1.46. The number of rotatable bonds is 1. The van der Waals surface area contributed by atoms with E-state index in [-0.39, 0.29) is 11.8 Å². The van der Waals surface area contributed by atoms with Crippen molar-refractivity contribution in [2.45, 2.75) is 26.8 Å². The molecule has 1 N–H and O–H groups in total. The van der Waals surface area contributed by atoms with Gasteiger partial charge in [0.15, 0.2) is 5.82 Å². The average Bonchev–Trinajstić information content (AvgIpc) is 2.41. The van der Waals surface area contributed by atoms with Gasteiger partial charge in [-0.25, -0.2) is 9.37 Å². The number of aromatic hydroxyl groups is 1. The quantitative estimate of drug-likeness (QED) is 0.782. The third-order valence-electron chi connectivity index (χ3n) is 2.43. The highest BCUT2D eigenvalue weighted by atomic mass is 19.1. The van der Waals surface area contributed by atoms with E-state index in [1.54, 1.807) is 6.07 Å². The Kier molecular flexibility index (Phi) is 2.14. The number of halogens is 1. The van der Waals surface area contributed by atoms with E-state index < -0.39 is 5.82 Å². The van der Waals surface area contributed by atoms with Crippen LogP contribution in [0.4, 0.5) is 4.39 Å². The maximum Gasteiger partial charge on any atom is 0.154 e. The lowest BCUT2D eigenvalue weighted by atomic mass is 10.2. The van der Waals surface area contributed by atoms with Crippen LogP contribution in [-0.4, -0.2) is 14.7 Å². The van der Waals surface area contributed by atoms with Crippen LogP contribution in [0.2, 0.25) is 0 Å². The van der Waals surface area contributed by atoms with Crippen molar-refractivity contribution in [1.82, 2.24) is 9.55 Å². The topological polar surface area (TPSA) is 38.1 Å². The molecule has 0 radical (unpaired) electrons. The number of hydrogen-bond donors (Lipinski definition) is 1. The minimum absolute atomic E-state index is 0.0678. The third-order valence-corrected chi connectivity index (χ3v) is 2.43. The van der Waals surface area contributed by atoms with Gasteiger partial charge in [-0.2, -0.15) is 0 Å². The van der Waals surface area contributed by atoms with Crippen LogP contribution >= 0.6 is 0 Å².